The molecule has 0 atom stereocenters. The molecule has 4 heteroatoms. The molecule has 17 heavy (non-hydrogen) atoms. The lowest BCUT2D eigenvalue weighted by Crippen LogP contribution is -1.97. The van der Waals surface area contributed by atoms with Crippen LogP contribution in [-0.4, -0.2) is 14.5 Å². The number of benzene rings is 1. The summed E-state index contributed by atoms with van der Waals surface area (Å²) in [5.41, 5.74) is 11.2. The smallest absolute Gasteiger partial charge is 0.200 e. The summed E-state index contributed by atoms with van der Waals surface area (Å²) < 4.78 is 1.92. The molecule has 3 aromatic rings. The first-order valence-corrected chi connectivity index (χ1v) is 5.56. The zero-order chi connectivity index (χ0) is 12.2. The number of aryl methyl sites for hydroxylation is 3. The number of pyridine rings is 1. The minimum absolute atomic E-state index is 0.539. The number of aromatic nitrogens is 3. The van der Waals surface area contributed by atoms with E-state index >= 15 is 0 Å². The van der Waals surface area contributed by atoms with Crippen molar-refractivity contribution < 1.29 is 0 Å². The molecule has 0 amide bonds. The minimum Gasteiger partial charge on any atom is -0.369 e. The second-order valence-corrected chi connectivity index (χ2v) is 4.50. The molecule has 0 saturated carbocycles. The van der Waals surface area contributed by atoms with Crippen LogP contribution in [0.3, 0.4) is 0 Å². The first kappa shape index (κ1) is 10.1. The Labute approximate surface area is 99.1 Å². The van der Waals surface area contributed by atoms with Crippen LogP contribution < -0.4 is 5.73 Å². The second kappa shape index (κ2) is 3.20. The van der Waals surface area contributed by atoms with E-state index in [1.54, 1.807) is 0 Å². The van der Waals surface area contributed by atoms with Gasteiger partial charge in [0.05, 0.1) is 11.0 Å². The fourth-order valence-corrected chi connectivity index (χ4v) is 2.31. The van der Waals surface area contributed by atoms with E-state index in [4.69, 9.17) is 5.73 Å². The summed E-state index contributed by atoms with van der Waals surface area (Å²) in [7, 11) is 1.94. The number of rotatable bonds is 0. The fourth-order valence-electron chi connectivity index (χ4n) is 2.31. The second-order valence-electron chi connectivity index (χ2n) is 4.50. The summed E-state index contributed by atoms with van der Waals surface area (Å²) in [4.78, 5) is 8.88. The molecule has 0 saturated heterocycles. The highest BCUT2D eigenvalue weighted by Crippen LogP contribution is 2.28. The predicted octanol–water partition coefficient (Wildman–Crippen LogP) is 2.32. The van der Waals surface area contributed by atoms with Crippen molar-refractivity contribution in [2.45, 2.75) is 13.8 Å². The summed E-state index contributed by atoms with van der Waals surface area (Å²) in [5.74, 6) is 0.539. The molecule has 3 rings (SSSR count). The largest absolute Gasteiger partial charge is 0.369 e. The van der Waals surface area contributed by atoms with Gasteiger partial charge in [-0.1, -0.05) is 0 Å². The Bertz CT molecular complexity index is 740. The van der Waals surface area contributed by atoms with E-state index in [1.807, 2.05) is 24.7 Å². The van der Waals surface area contributed by atoms with E-state index in [-0.39, 0.29) is 0 Å². The molecule has 0 aliphatic carbocycles. The lowest BCUT2D eigenvalue weighted by molar-refractivity contribution is 0.961. The first-order valence-electron chi connectivity index (χ1n) is 5.56. The molecule has 0 aliphatic heterocycles. The number of imidazole rings is 1. The van der Waals surface area contributed by atoms with Crippen molar-refractivity contribution in [3.63, 3.8) is 0 Å². The van der Waals surface area contributed by atoms with Gasteiger partial charge in [-0.25, -0.2) is 4.98 Å². The number of nitrogens with two attached hydrogens (primary N) is 1. The van der Waals surface area contributed by atoms with Crippen LogP contribution in [0.25, 0.3) is 21.9 Å². The molecule has 0 aliphatic rings. The minimum atomic E-state index is 0.539. The molecule has 0 spiro atoms. The van der Waals surface area contributed by atoms with Crippen LogP contribution in [0.5, 0.6) is 0 Å². The van der Waals surface area contributed by atoms with E-state index in [2.05, 4.69) is 29.0 Å². The van der Waals surface area contributed by atoms with Crippen LogP contribution in [0.4, 0.5) is 5.95 Å². The maximum Gasteiger partial charge on any atom is 0.200 e. The molecule has 2 N–H and O–H groups in total. The van der Waals surface area contributed by atoms with Gasteiger partial charge in [-0.2, -0.15) is 0 Å². The van der Waals surface area contributed by atoms with Crippen LogP contribution in [-0.2, 0) is 7.05 Å². The van der Waals surface area contributed by atoms with Crippen LogP contribution in [0.1, 0.15) is 11.1 Å². The van der Waals surface area contributed by atoms with E-state index in [0.29, 0.717) is 5.95 Å². The van der Waals surface area contributed by atoms with Crippen molar-refractivity contribution in [3.05, 3.63) is 29.5 Å². The Balaban J connectivity index is 2.62. The summed E-state index contributed by atoms with van der Waals surface area (Å²) in [6.07, 6.45) is 1.87. The molecular formula is C13H14N4. The molecular weight excluding hydrogens is 212 g/mol. The van der Waals surface area contributed by atoms with Crippen molar-refractivity contribution in [3.8, 4) is 0 Å². The molecule has 0 bridgehead atoms. The third-order valence-electron chi connectivity index (χ3n) is 3.17. The predicted molar refractivity (Wildman–Crippen MR) is 69.9 cm³/mol. The topological polar surface area (TPSA) is 56.7 Å². The van der Waals surface area contributed by atoms with Crippen molar-refractivity contribution in [2.75, 3.05) is 5.73 Å². The maximum atomic E-state index is 5.88. The van der Waals surface area contributed by atoms with Crippen LogP contribution >= 0.6 is 0 Å². The molecule has 0 fully saturated rings. The van der Waals surface area contributed by atoms with Gasteiger partial charge in [-0.3, -0.25) is 4.98 Å². The zero-order valence-electron chi connectivity index (χ0n) is 10.2. The van der Waals surface area contributed by atoms with Gasteiger partial charge in [-0.15, -0.1) is 0 Å². The summed E-state index contributed by atoms with van der Waals surface area (Å²) >= 11 is 0. The SMILES string of the molecule is Cc1cnc2cc(C)c3c(nc(N)n3C)c2c1. The monoisotopic (exact) mass is 226 g/mol. The van der Waals surface area contributed by atoms with Crippen molar-refractivity contribution in [2.24, 2.45) is 7.05 Å². The number of nitrogen functional groups attached to an aromatic ring is 1. The third-order valence-corrected chi connectivity index (χ3v) is 3.17. The quantitative estimate of drug-likeness (QED) is 0.640. The summed E-state index contributed by atoms with van der Waals surface area (Å²) in [6.45, 7) is 4.09. The van der Waals surface area contributed by atoms with Gasteiger partial charge in [-0.05, 0) is 37.1 Å². The Morgan fingerprint density at radius 2 is 2.00 bits per heavy atom. The van der Waals surface area contributed by atoms with Crippen molar-refractivity contribution in [1.82, 2.24) is 14.5 Å². The number of anilines is 1. The Kier molecular flexibility index (Phi) is 1.90. The first-order chi connectivity index (χ1) is 8.08. The average molecular weight is 226 g/mol. The lowest BCUT2D eigenvalue weighted by atomic mass is 10.1. The number of fused-ring (bicyclic) bond motifs is 3. The van der Waals surface area contributed by atoms with E-state index in [9.17, 15) is 0 Å². The van der Waals surface area contributed by atoms with Gasteiger partial charge >= 0.3 is 0 Å². The van der Waals surface area contributed by atoms with Crippen LogP contribution in [0.15, 0.2) is 18.3 Å². The van der Waals surface area contributed by atoms with Crippen molar-refractivity contribution in [1.29, 1.82) is 0 Å². The molecule has 0 unspecified atom stereocenters. The van der Waals surface area contributed by atoms with Crippen molar-refractivity contribution >= 4 is 27.9 Å². The highest BCUT2D eigenvalue weighted by molar-refractivity contribution is 6.05. The lowest BCUT2D eigenvalue weighted by Gasteiger charge is -2.04. The van der Waals surface area contributed by atoms with Crippen LogP contribution in [0, 0.1) is 13.8 Å². The number of hydrogen-bond donors (Lipinski definition) is 1. The Morgan fingerprint density at radius 1 is 1.24 bits per heavy atom. The van der Waals surface area contributed by atoms with Gasteiger partial charge in [0.1, 0.15) is 5.52 Å². The van der Waals surface area contributed by atoms with E-state index in [1.165, 1.54) is 0 Å². The molecule has 2 heterocycles. The average Bonchev–Trinajstić information content (AvgIpc) is 2.58. The molecule has 86 valence electrons. The van der Waals surface area contributed by atoms with Gasteiger partial charge in [0.15, 0.2) is 0 Å². The molecule has 2 aromatic heterocycles. The maximum absolute atomic E-state index is 5.88. The van der Waals surface area contributed by atoms with E-state index < -0.39 is 0 Å². The molecule has 4 nitrogen and oxygen atoms in total. The van der Waals surface area contributed by atoms with E-state index in [0.717, 1.165) is 33.1 Å². The molecule has 1 aromatic carbocycles. The Hall–Kier alpha value is -2.10. The summed E-state index contributed by atoms with van der Waals surface area (Å²) in [6, 6.07) is 4.19. The normalized spacial score (nSPS) is 11.5. The standard InChI is InChI=1S/C13H14N4/c1-7-4-9-10(15-6-7)5-8(2)12-11(9)16-13(14)17(12)3/h4-6H,1-3H3,(H2,14,16). The highest BCUT2D eigenvalue weighted by Gasteiger charge is 2.12. The highest BCUT2D eigenvalue weighted by atomic mass is 15.1. The van der Waals surface area contributed by atoms with Gasteiger partial charge < -0.3 is 10.3 Å². The van der Waals surface area contributed by atoms with Gasteiger partial charge in [0, 0.05) is 18.6 Å². The van der Waals surface area contributed by atoms with Crippen LogP contribution in [0.2, 0.25) is 0 Å². The third kappa shape index (κ3) is 1.30. The zero-order valence-corrected chi connectivity index (χ0v) is 10.2. The van der Waals surface area contributed by atoms with Gasteiger partial charge in [0.2, 0.25) is 5.95 Å². The molecule has 0 radical (unpaired) electrons. The fraction of sp³-hybridized carbons (Fsp3) is 0.231. The Morgan fingerprint density at radius 3 is 2.76 bits per heavy atom. The summed E-state index contributed by atoms with van der Waals surface area (Å²) in [5, 5.41) is 1.07. The number of nitrogens with zero attached hydrogens (tertiary/aromatic N) is 3. The van der Waals surface area contributed by atoms with Gasteiger partial charge in [0.25, 0.3) is 0 Å². The number of hydrogen-bond acceptors (Lipinski definition) is 3.